The number of hydrogen-bond acceptors (Lipinski definition) is 3. The van der Waals surface area contributed by atoms with Crippen LogP contribution in [0.5, 0.6) is 0 Å². The minimum Gasteiger partial charge on any atom is -0.481 e. The second-order valence-corrected chi connectivity index (χ2v) is 5.76. The molecule has 0 aliphatic rings. The van der Waals surface area contributed by atoms with Gasteiger partial charge < -0.3 is 10.4 Å². The fraction of sp³-hybridized carbons (Fsp3) is 0.250. The molecular weight excluding hydrogens is 286 g/mol. The molecule has 0 radical (unpaired) electrons. The van der Waals surface area contributed by atoms with Crippen LogP contribution in [0.3, 0.4) is 0 Å². The number of carbonyl (C=O) groups excluding carboxylic acids is 1. The number of amides is 1. The van der Waals surface area contributed by atoms with Crippen LogP contribution >= 0.6 is 11.3 Å². The second kappa shape index (κ2) is 7.04. The lowest BCUT2D eigenvalue weighted by Crippen LogP contribution is -2.14. The largest absolute Gasteiger partial charge is 0.481 e. The molecule has 1 atom stereocenters. The molecule has 0 fully saturated rings. The minimum atomic E-state index is -0.810. The molecule has 1 amide bonds. The van der Waals surface area contributed by atoms with Crippen molar-refractivity contribution in [3.05, 3.63) is 52.2 Å². The number of benzene rings is 1. The van der Waals surface area contributed by atoms with Crippen LogP contribution in [-0.4, -0.2) is 17.0 Å². The molecule has 1 unspecified atom stereocenters. The van der Waals surface area contributed by atoms with Crippen molar-refractivity contribution < 1.29 is 14.7 Å². The average molecular weight is 303 g/mol. The molecule has 110 valence electrons. The van der Waals surface area contributed by atoms with E-state index < -0.39 is 5.97 Å². The van der Waals surface area contributed by atoms with Gasteiger partial charge in [0.2, 0.25) is 5.91 Å². The number of carboxylic acid groups (broad SMARTS) is 1. The zero-order valence-electron chi connectivity index (χ0n) is 11.7. The zero-order valence-corrected chi connectivity index (χ0v) is 12.5. The fourth-order valence-electron chi connectivity index (χ4n) is 2.06. The zero-order chi connectivity index (χ0) is 15.2. The molecular formula is C16H17NO3S. The predicted octanol–water partition coefficient (Wildman–Crippen LogP) is 3.51. The Kier molecular flexibility index (Phi) is 5.11. The summed E-state index contributed by atoms with van der Waals surface area (Å²) in [4.78, 5) is 22.6. The normalized spacial score (nSPS) is 11.9. The molecule has 1 heterocycles. The Balaban J connectivity index is 1.92. The van der Waals surface area contributed by atoms with Crippen molar-refractivity contribution in [2.24, 2.45) is 0 Å². The highest BCUT2D eigenvalue weighted by Gasteiger charge is 2.10. The number of rotatable bonds is 6. The Morgan fingerprint density at radius 1 is 1.24 bits per heavy atom. The van der Waals surface area contributed by atoms with Gasteiger partial charge in [-0.2, -0.15) is 11.3 Å². The number of carboxylic acids is 1. The minimum absolute atomic E-state index is 0.0435. The first-order valence-corrected chi connectivity index (χ1v) is 7.61. The summed E-state index contributed by atoms with van der Waals surface area (Å²) in [5.74, 6) is -0.909. The van der Waals surface area contributed by atoms with Crippen LogP contribution in [0.2, 0.25) is 0 Å². The molecule has 0 spiro atoms. The van der Waals surface area contributed by atoms with Gasteiger partial charge >= 0.3 is 5.97 Å². The van der Waals surface area contributed by atoms with Gasteiger partial charge in [0.1, 0.15) is 0 Å². The molecule has 0 bridgehead atoms. The first-order chi connectivity index (χ1) is 10.0. The highest BCUT2D eigenvalue weighted by Crippen LogP contribution is 2.21. The number of hydrogen-bond donors (Lipinski definition) is 2. The molecule has 2 aromatic rings. The van der Waals surface area contributed by atoms with E-state index in [1.165, 1.54) is 0 Å². The first kappa shape index (κ1) is 15.3. The maximum atomic E-state index is 11.9. The number of carbonyl (C=O) groups is 2. The summed E-state index contributed by atoms with van der Waals surface area (Å²) < 4.78 is 0. The van der Waals surface area contributed by atoms with Crippen LogP contribution in [0.25, 0.3) is 0 Å². The van der Waals surface area contributed by atoms with Crippen molar-refractivity contribution in [1.82, 2.24) is 0 Å². The van der Waals surface area contributed by atoms with E-state index in [0.29, 0.717) is 6.42 Å². The molecule has 0 aliphatic heterocycles. The van der Waals surface area contributed by atoms with Gasteiger partial charge in [0.25, 0.3) is 0 Å². The van der Waals surface area contributed by atoms with Crippen LogP contribution in [-0.2, 0) is 16.0 Å². The van der Waals surface area contributed by atoms with E-state index in [9.17, 15) is 9.59 Å². The maximum absolute atomic E-state index is 11.9. The molecule has 2 N–H and O–H groups in total. The molecule has 2 rings (SSSR count). The van der Waals surface area contributed by atoms with Crippen molar-refractivity contribution in [3.63, 3.8) is 0 Å². The van der Waals surface area contributed by atoms with Gasteiger partial charge in [-0.3, -0.25) is 9.59 Å². The van der Waals surface area contributed by atoms with E-state index in [-0.39, 0.29) is 18.2 Å². The topological polar surface area (TPSA) is 66.4 Å². The van der Waals surface area contributed by atoms with Gasteiger partial charge in [0, 0.05) is 5.69 Å². The van der Waals surface area contributed by atoms with Crippen molar-refractivity contribution >= 4 is 28.9 Å². The Bertz CT molecular complexity index is 605. The molecule has 0 saturated carbocycles. The molecule has 1 aromatic heterocycles. The molecule has 4 nitrogen and oxygen atoms in total. The predicted molar refractivity (Wildman–Crippen MR) is 83.8 cm³/mol. The Labute approximate surface area is 127 Å². The van der Waals surface area contributed by atoms with Crippen LogP contribution < -0.4 is 5.32 Å². The number of anilines is 1. The maximum Gasteiger partial charge on any atom is 0.303 e. The van der Waals surface area contributed by atoms with Gasteiger partial charge in [-0.15, -0.1) is 0 Å². The summed E-state index contributed by atoms with van der Waals surface area (Å²) in [5.41, 5.74) is 2.68. The molecule has 21 heavy (non-hydrogen) atoms. The van der Waals surface area contributed by atoms with Gasteiger partial charge in [0.15, 0.2) is 0 Å². The monoisotopic (exact) mass is 303 g/mol. The standard InChI is InChI=1S/C16H17NO3S/c1-11(8-16(19)20)13-2-4-14(5-3-13)17-15(18)9-12-6-7-21-10-12/h2-7,10-11H,8-9H2,1H3,(H,17,18)(H,19,20). The van der Waals surface area contributed by atoms with Crippen molar-refractivity contribution in [2.75, 3.05) is 5.32 Å². The highest BCUT2D eigenvalue weighted by molar-refractivity contribution is 7.08. The third-order valence-corrected chi connectivity index (χ3v) is 3.92. The second-order valence-electron chi connectivity index (χ2n) is 4.98. The lowest BCUT2D eigenvalue weighted by molar-refractivity contribution is -0.137. The van der Waals surface area contributed by atoms with Crippen molar-refractivity contribution in [1.29, 1.82) is 0 Å². The molecule has 5 heteroatoms. The number of aliphatic carboxylic acids is 1. The van der Waals surface area contributed by atoms with Crippen LogP contribution in [0, 0.1) is 0 Å². The highest BCUT2D eigenvalue weighted by atomic mass is 32.1. The Morgan fingerprint density at radius 3 is 2.52 bits per heavy atom. The van der Waals surface area contributed by atoms with Crippen LogP contribution in [0.4, 0.5) is 5.69 Å². The van der Waals surface area contributed by atoms with E-state index >= 15 is 0 Å². The summed E-state index contributed by atoms with van der Waals surface area (Å²) in [6, 6.07) is 9.25. The molecule has 1 aromatic carbocycles. The van der Waals surface area contributed by atoms with Gasteiger partial charge in [-0.05, 0) is 46.0 Å². The lowest BCUT2D eigenvalue weighted by atomic mass is 9.98. The fourth-order valence-corrected chi connectivity index (χ4v) is 2.73. The van der Waals surface area contributed by atoms with E-state index in [0.717, 1.165) is 16.8 Å². The number of thiophene rings is 1. The summed E-state index contributed by atoms with van der Waals surface area (Å²) in [6.45, 7) is 1.87. The van der Waals surface area contributed by atoms with Gasteiger partial charge in [-0.25, -0.2) is 0 Å². The Hall–Kier alpha value is -2.14. The summed E-state index contributed by atoms with van der Waals surface area (Å²) in [7, 11) is 0. The van der Waals surface area contributed by atoms with E-state index in [1.807, 2.05) is 35.9 Å². The number of nitrogens with one attached hydrogen (secondary N) is 1. The van der Waals surface area contributed by atoms with Gasteiger partial charge in [0.05, 0.1) is 12.8 Å². The van der Waals surface area contributed by atoms with Crippen molar-refractivity contribution in [3.8, 4) is 0 Å². The molecule has 0 aliphatic carbocycles. The summed E-state index contributed by atoms with van der Waals surface area (Å²) in [6.07, 6.45) is 0.463. The SMILES string of the molecule is CC(CC(=O)O)c1ccc(NC(=O)Cc2ccsc2)cc1. The third-order valence-electron chi connectivity index (χ3n) is 3.19. The van der Waals surface area contributed by atoms with Crippen LogP contribution in [0.15, 0.2) is 41.1 Å². The van der Waals surface area contributed by atoms with Crippen LogP contribution in [0.1, 0.15) is 30.4 Å². The quantitative estimate of drug-likeness (QED) is 0.858. The average Bonchev–Trinajstić information content (AvgIpc) is 2.91. The summed E-state index contributed by atoms with van der Waals surface area (Å²) >= 11 is 1.57. The van der Waals surface area contributed by atoms with E-state index in [4.69, 9.17) is 5.11 Å². The van der Waals surface area contributed by atoms with E-state index in [1.54, 1.807) is 23.5 Å². The third kappa shape index (κ3) is 4.72. The Morgan fingerprint density at radius 2 is 1.95 bits per heavy atom. The smallest absolute Gasteiger partial charge is 0.303 e. The summed E-state index contributed by atoms with van der Waals surface area (Å²) in [5, 5.41) is 15.5. The molecule has 0 saturated heterocycles. The lowest BCUT2D eigenvalue weighted by Gasteiger charge is -2.10. The van der Waals surface area contributed by atoms with Gasteiger partial charge in [-0.1, -0.05) is 19.1 Å². The first-order valence-electron chi connectivity index (χ1n) is 6.67. The van der Waals surface area contributed by atoms with E-state index in [2.05, 4.69) is 5.32 Å². The van der Waals surface area contributed by atoms with Crippen molar-refractivity contribution in [2.45, 2.75) is 25.7 Å².